The van der Waals surface area contributed by atoms with Crippen LogP contribution in [0.3, 0.4) is 0 Å². The van der Waals surface area contributed by atoms with Gasteiger partial charge >= 0.3 is 0 Å². The molecule has 1 unspecified atom stereocenters. The van der Waals surface area contributed by atoms with Crippen molar-refractivity contribution in [1.82, 2.24) is 19.9 Å². The van der Waals surface area contributed by atoms with Crippen LogP contribution in [0.1, 0.15) is 55.5 Å². The molecular weight excluding hydrogens is 414 g/mol. The van der Waals surface area contributed by atoms with Crippen LogP contribution >= 0.6 is 0 Å². The fourth-order valence-electron chi connectivity index (χ4n) is 3.94. The molecule has 0 saturated heterocycles. The van der Waals surface area contributed by atoms with Gasteiger partial charge < -0.3 is 15.8 Å². The number of amides is 1. The smallest absolute Gasteiger partial charge is 0.257 e. The Balaban J connectivity index is 1.80. The summed E-state index contributed by atoms with van der Waals surface area (Å²) < 4.78 is 7.18. The highest BCUT2D eigenvalue weighted by molar-refractivity contribution is 6.11. The SMILES string of the molecule is CCOCCCNC(=O)c1c(N)n(-c2ccc(C(C)CC)cc2)c2nc3ccccc3nc12. The molecule has 0 aliphatic rings. The third-order valence-corrected chi connectivity index (χ3v) is 6.01. The topological polar surface area (TPSA) is 95.1 Å². The molecule has 4 rings (SSSR count). The highest BCUT2D eigenvalue weighted by atomic mass is 16.5. The quantitative estimate of drug-likeness (QED) is 0.360. The van der Waals surface area contributed by atoms with Gasteiger partial charge in [0.05, 0.1) is 11.0 Å². The number of hydrogen-bond donors (Lipinski definition) is 2. The van der Waals surface area contributed by atoms with E-state index in [1.165, 1.54) is 5.56 Å². The van der Waals surface area contributed by atoms with Crippen molar-refractivity contribution in [3.8, 4) is 5.69 Å². The van der Waals surface area contributed by atoms with Crippen LogP contribution in [0.2, 0.25) is 0 Å². The van der Waals surface area contributed by atoms with Crippen molar-refractivity contribution in [2.24, 2.45) is 0 Å². The molecule has 2 heterocycles. The van der Waals surface area contributed by atoms with Crippen molar-refractivity contribution >= 4 is 33.9 Å². The average molecular weight is 446 g/mol. The van der Waals surface area contributed by atoms with E-state index in [0.717, 1.165) is 29.6 Å². The van der Waals surface area contributed by atoms with Gasteiger partial charge in [0.25, 0.3) is 5.91 Å². The lowest BCUT2D eigenvalue weighted by molar-refractivity contribution is 0.0946. The second-order valence-electron chi connectivity index (χ2n) is 8.19. The van der Waals surface area contributed by atoms with Crippen LogP contribution in [-0.2, 0) is 4.74 Å². The van der Waals surface area contributed by atoms with Gasteiger partial charge in [-0.1, -0.05) is 38.1 Å². The number of aromatic nitrogens is 3. The van der Waals surface area contributed by atoms with Crippen molar-refractivity contribution in [2.75, 3.05) is 25.5 Å². The lowest BCUT2D eigenvalue weighted by atomic mass is 9.99. The van der Waals surface area contributed by atoms with E-state index in [2.05, 4.69) is 31.3 Å². The third kappa shape index (κ3) is 4.54. The van der Waals surface area contributed by atoms with Gasteiger partial charge in [0, 0.05) is 25.4 Å². The Morgan fingerprint density at radius 2 is 1.79 bits per heavy atom. The van der Waals surface area contributed by atoms with E-state index in [1.807, 2.05) is 47.9 Å². The van der Waals surface area contributed by atoms with Crippen molar-refractivity contribution in [3.63, 3.8) is 0 Å². The first-order valence-electron chi connectivity index (χ1n) is 11.6. The normalized spacial score (nSPS) is 12.3. The fourth-order valence-corrected chi connectivity index (χ4v) is 3.94. The number of ether oxygens (including phenoxy) is 1. The first-order chi connectivity index (χ1) is 16.0. The van der Waals surface area contributed by atoms with Gasteiger partial charge in [-0.25, -0.2) is 9.97 Å². The molecule has 0 aliphatic carbocycles. The Labute approximate surface area is 194 Å². The van der Waals surface area contributed by atoms with Gasteiger partial charge in [-0.3, -0.25) is 9.36 Å². The first-order valence-corrected chi connectivity index (χ1v) is 11.6. The summed E-state index contributed by atoms with van der Waals surface area (Å²) in [4.78, 5) is 22.8. The number of carbonyl (C=O) groups excluding carboxylic acids is 1. The van der Waals surface area contributed by atoms with E-state index in [0.29, 0.717) is 48.2 Å². The minimum atomic E-state index is -0.256. The molecule has 2 aromatic carbocycles. The Hall–Kier alpha value is -3.45. The number of para-hydroxylation sites is 2. The summed E-state index contributed by atoms with van der Waals surface area (Å²) in [6, 6.07) is 15.9. The summed E-state index contributed by atoms with van der Waals surface area (Å²) in [6.45, 7) is 8.09. The van der Waals surface area contributed by atoms with Crippen molar-refractivity contribution in [2.45, 2.75) is 39.5 Å². The van der Waals surface area contributed by atoms with E-state index in [4.69, 9.17) is 20.4 Å². The number of benzene rings is 2. The monoisotopic (exact) mass is 445 g/mol. The highest BCUT2D eigenvalue weighted by Gasteiger charge is 2.24. The maximum atomic E-state index is 13.2. The molecule has 0 aliphatic heterocycles. The molecule has 0 saturated carbocycles. The van der Waals surface area contributed by atoms with Crippen LogP contribution in [0.15, 0.2) is 48.5 Å². The second-order valence-corrected chi connectivity index (χ2v) is 8.19. The van der Waals surface area contributed by atoms with Gasteiger partial charge in [-0.15, -0.1) is 0 Å². The molecule has 2 aromatic heterocycles. The number of rotatable bonds is 9. The van der Waals surface area contributed by atoms with Crippen LogP contribution in [-0.4, -0.2) is 40.2 Å². The van der Waals surface area contributed by atoms with Gasteiger partial charge in [-0.05, 0) is 55.5 Å². The molecule has 3 N–H and O–H groups in total. The number of carbonyl (C=O) groups is 1. The molecule has 0 radical (unpaired) electrons. The minimum Gasteiger partial charge on any atom is -0.384 e. The zero-order valence-electron chi connectivity index (χ0n) is 19.5. The average Bonchev–Trinajstić information content (AvgIpc) is 3.12. The molecule has 172 valence electrons. The predicted octanol–water partition coefficient (Wildman–Crippen LogP) is 4.83. The van der Waals surface area contributed by atoms with Gasteiger partial charge in [0.1, 0.15) is 16.9 Å². The Bertz CT molecular complexity index is 1260. The molecule has 1 atom stereocenters. The Morgan fingerprint density at radius 1 is 1.09 bits per heavy atom. The van der Waals surface area contributed by atoms with E-state index in [1.54, 1.807) is 0 Å². The number of nitrogens with one attached hydrogen (secondary N) is 1. The molecule has 7 nitrogen and oxygen atoms in total. The summed E-state index contributed by atoms with van der Waals surface area (Å²) in [5.41, 5.74) is 11.6. The van der Waals surface area contributed by atoms with Crippen molar-refractivity contribution < 1.29 is 9.53 Å². The summed E-state index contributed by atoms with van der Waals surface area (Å²) in [7, 11) is 0. The van der Waals surface area contributed by atoms with Crippen LogP contribution in [0.5, 0.6) is 0 Å². The number of fused-ring (bicyclic) bond motifs is 2. The second kappa shape index (κ2) is 10.0. The molecule has 7 heteroatoms. The summed E-state index contributed by atoms with van der Waals surface area (Å²) >= 11 is 0. The molecule has 4 aromatic rings. The number of nitrogens with zero attached hydrogens (tertiary/aromatic N) is 3. The largest absolute Gasteiger partial charge is 0.384 e. The first kappa shape index (κ1) is 22.7. The fraction of sp³-hybridized carbons (Fsp3) is 0.346. The zero-order valence-corrected chi connectivity index (χ0v) is 19.5. The lowest BCUT2D eigenvalue weighted by Crippen LogP contribution is -2.26. The Kier molecular flexibility index (Phi) is 6.89. The highest BCUT2D eigenvalue weighted by Crippen LogP contribution is 2.31. The number of nitrogen functional groups attached to an aromatic ring is 1. The van der Waals surface area contributed by atoms with Crippen LogP contribution < -0.4 is 11.1 Å². The maximum absolute atomic E-state index is 13.2. The van der Waals surface area contributed by atoms with Gasteiger partial charge in [0.15, 0.2) is 5.65 Å². The maximum Gasteiger partial charge on any atom is 0.257 e. The van der Waals surface area contributed by atoms with E-state index >= 15 is 0 Å². The molecular formula is C26H31N5O2. The van der Waals surface area contributed by atoms with Crippen LogP contribution in [0.4, 0.5) is 5.82 Å². The molecule has 0 bridgehead atoms. The Morgan fingerprint density at radius 3 is 2.45 bits per heavy atom. The molecule has 0 fully saturated rings. The van der Waals surface area contributed by atoms with E-state index in [-0.39, 0.29) is 5.91 Å². The lowest BCUT2D eigenvalue weighted by Gasteiger charge is -2.12. The summed E-state index contributed by atoms with van der Waals surface area (Å²) in [5, 5.41) is 2.96. The number of anilines is 1. The summed E-state index contributed by atoms with van der Waals surface area (Å²) in [5.74, 6) is 0.548. The van der Waals surface area contributed by atoms with Crippen molar-refractivity contribution in [3.05, 3.63) is 59.7 Å². The van der Waals surface area contributed by atoms with E-state index in [9.17, 15) is 4.79 Å². The van der Waals surface area contributed by atoms with Crippen molar-refractivity contribution in [1.29, 1.82) is 0 Å². The predicted molar refractivity (Wildman–Crippen MR) is 133 cm³/mol. The standard InChI is InChI=1S/C26H31N5O2/c1-4-17(3)18-11-13-19(14-12-18)31-24(27)22(26(32)28-15-8-16-33-5-2)23-25(31)30-21-10-7-6-9-20(21)29-23/h6-7,9-14,17H,4-5,8,15-16,27H2,1-3H3,(H,28,32). The van der Waals surface area contributed by atoms with Crippen LogP contribution in [0, 0.1) is 0 Å². The van der Waals surface area contributed by atoms with E-state index < -0.39 is 0 Å². The van der Waals surface area contributed by atoms with Gasteiger partial charge in [0.2, 0.25) is 0 Å². The zero-order chi connectivity index (χ0) is 23.4. The number of nitrogens with two attached hydrogens (primary N) is 1. The summed E-state index contributed by atoms with van der Waals surface area (Å²) in [6.07, 6.45) is 1.79. The molecule has 0 spiro atoms. The number of hydrogen-bond acceptors (Lipinski definition) is 5. The minimum absolute atomic E-state index is 0.256. The molecule has 33 heavy (non-hydrogen) atoms. The molecule has 1 amide bonds. The van der Waals surface area contributed by atoms with Gasteiger partial charge in [-0.2, -0.15) is 0 Å². The van der Waals surface area contributed by atoms with Crippen LogP contribution in [0.25, 0.3) is 27.9 Å². The third-order valence-electron chi connectivity index (χ3n) is 6.01.